The zero-order valence-corrected chi connectivity index (χ0v) is 15.4. The molecule has 0 aliphatic rings. The summed E-state index contributed by atoms with van der Waals surface area (Å²) >= 11 is 12.3. The number of nitriles is 1. The van der Waals surface area contributed by atoms with Crippen LogP contribution >= 0.6 is 23.2 Å². The van der Waals surface area contributed by atoms with E-state index in [1.54, 1.807) is 56.6 Å². The Kier molecular flexibility index (Phi) is 5.17. The number of halogens is 2. The first kappa shape index (κ1) is 18.3. The minimum atomic E-state index is -0.645. The van der Waals surface area contributed by atoms with E-state index in [2.05, 4.69) is 5.10 Å². The van der Waals surface area contributed by atoms with Crippen LogP contribution < -0.4 is 0 Å². The lowest BCUT2D eigenvalue weighted by Crippen LogP contribution is -2.21. The smallest absolute Gasteiger partial charge is 0.178 e. The van der Waals surface area contributed by atoms with E-state index in [4.69, 9.17) is 23.2 Å². The van der Waals surface area contributed by atoms with Gasteiger partial charge in [-0.1, -0.05) is 44.0 Å². The third-order valence-corrected chi connectivity index (χ3v) is 4.07. The molecule has 1 heterocycles. The van der Waals surface area contributed by atoms with Crippen LogP contribution in [0.2, 0.25) is 10.2 Å². The summed E-state index contributed by atoms with van der Waals surface area (Å²) in [5.74, 6) is -0.236. The van der Waals surface area contributed by atoms with Gasteiger partial charge in [0.2, 0.25) is 0 Å². The number of hydrogen-bond acceptors (Lipinski definition) is 3. The lowest BCUT2D eigenvalue weighted by Gasteiger charge is -2.15. The molecule has 1 aromatic carbocycles. The van der Waals surface area contributed by atoms with Crippen LogP contribution in [0.1, 0.15) is 32.0 Å². The first-order valence-electron chi connectivity index (χ1n) is 7.33. The van der Waals surface area contributed by atoms with Crippen molar-refractivity contribution in [1.29, 1.82) is 5.26 Å². The van der Waals surface area contributed by atoms with Gasteiger partial charge < -0.3 is 0 Å². The number of aromatic nitrogens is 2. The maximum absolute atomic E-state index is 12.4. The standard InChI is InChI=1S/C18H17Cl2N3O/c1-11-15(9-12(10-21)16(24)18(2,3)4)17(20)23(22-11)14-7-5-13(19)6-8-14/h5-9H,1-4H3. The fourth-order valence-electron chi connectivity index (χ4n) is 2.13. The second kappa shape index (κ2) is 6.80. The number of Topliss-reactive ketones (excluding diaryl/α,β-unsaturated/α-hetero) is 1. The molecule has 0 saturated carbocycles. The first-order valence-corrected chi connectivity index (χ1v) is 8.08. The third kappa shape index (κ3) is 3.69. The van der Waals surface area contributed by atoms with Gasteiger partial charge >= 0.3 is 0 Å². The van der Waals surface area contributed by atoms with E-state index in [0.717, 1.165) is 5.69 Å². The van der Waals surface area contributed by atoms with Crippen LogP contribution in [-0.2, 0) is 4.79 Å². The minimum absolute atomic E-state index is 0.0585. The number of carbonyl (C=O) groups excluding carboxylic acids is 1. The molecule has 2 rings (SSSR count). The summed E-state index contributed by atoms with van der Waals surface area (Å²) in [4.78, 5) is 12.4. The number of hydrogen-bond donors (Lipinski definition) is 0. The van der Waals surface area contributed by atoms with Crippen molar-refractivity contribution in [3.63, 3.8) is 0 Å². The Bertz CT molecular complexity index is 850. The summed E-state index contributed by atoms with van der Waals surface area (Å²) in [6.07, 6.45) is 1.50. The highest BCUT2D eigenvalue weighted by Crippen LogP contribution is 2.28. The lowest BCUT2D eigenvalue weighted by atomic mass is 9.86. The Morgan fingerprint density at radius 1 is 1.25 bits per heavy atom. The van der Waals surface area contributed by atoms with E-state index in [1.807, 2.05) is 6.07 Å². The molecule has 0 amide bonds. The van der Waals surface area contributed by atoms with Crippen molar-refractivity contribution >= 4 is 35.1 Å². The quantitative estimate of drug-likeness (QED) is 0.570. The van der Waals surface area contributed by atoms with Crippen molar-refractivity contribution in [3.8, 4) is 11.8 Å². The van der Waals surface area contributed by atoms with Crippen molar-refractivity contribution in [1.82, 2.24) is 9.78 Å². The van der Waals surface area contributed by atoms with Gasteiger partial charge in [-0.05, 0) is 37.3 Å². The fraction of sp³-hybridized carbons (Fsp3) is 0.278. The molecule has 4 nitrogen and oxygen atoms in total. The van der Waals surface area contributed by atoms with Gasteiger partial charge in [0, 0.05) is 16.0 Å². The van der Waals surface area contributed by atoms with Crippen LogP contribution in [-0.4, -0.2) is 15.6 Å². The van der Waals surface area contributed by atoms with Gasteiger partial charge in [0.25, 0.3) is 0 Å². The fourth-order valence-corrected chi connectivity index (χ4v) is 2.58. The van der Waals surface area contributed by atoms with Crippen molar-refractivity contribution < 1.29 is 4.79 Å². The molecule has 0 atom stereocenters. The molecule has 0 fully saturated rings. The zero-order chi connectivity index (χ0) is 18.1. The first-order chi connectivity index (χ1) is 11.1. The molecule has 0 unspecified atom stereocenters. The van der Waals surface area contributed by atoms with Gasteiger partial charge in [0.1, 0.15) is 11.2 Å². The minimum Gasteiger partial charge on any atom is -0.293 e. The lowest BCUT2D eigenvalue weighted by molar-refractivity contribution is -0.121. The molecule has 0 aliphatic carbocycles. The molecule has 24 heavy (non-hydrogen) atoms. The van der Waals surface area contributed by atoms with E-state index in [1.165, 1.54) is 6.08 Å². The monoisotopic (exact) mass is 361 g/mol. The Morgan fingerprint density at radius 2 is 1.83 bits per heavy atom. The zero-order valence-electron chi connectivity index (χ0n) is 13.9. The number of aryl methyl sites for hydroxylation is 1. The van der Waals surface area contributed by atoms with E-state index in [9.17, 15) is 10.1 Å². The van der Waals surface area contributed by atoms with Crippen LogP contribution in [0, 0.1) is 23.7 Å². The maximum Gasteiger partial charge on any atom is 0.178 e. The van der Waals surface area contributed by atoms with Crippen LogP contribution in [0.15, 0.2) is 29.8 Å². The van der Waals surface area contributed by atoms with Crippen LogP contribution in [0.3, 0.4) is 0 Å². The number of nitrogens with zero attached hydrogens (tertiary/aromatic N) is 3. The molecule has 2 aromatic rings. The van der Waals surface area contributed by atoms with E-state index in [-0.39, 0.29) is 11.4 Å². The predicted octanol–water partition coefficient (Wildman–Crippen LogP) is 5.01. The largest absolute Gasteiger partial charge is 0.293 e. The van der Waals surface area contributed by atoms with E-state index < -0.39 is 5.41 Å². The molecular weight excluding hydrogens is 345 g/mol. The van der Waals surface area contributed by atoms with Gasteiger partial charge in [-0.2, -0.15) is 10.4 Å². The van der Waals surface area contributed by atoms with Gasteiger partial charge in [-0.15, -0.1) is 0 Å². The second-order valence-corrected chi connectivity index (χ2v) is 7.22. The molecule has 0 spiro atoms. The predicted molar refractivity (Wildman–Crippen MR) is 96.4 cm³/mol. The number of allylic oxidation sites excluding steroid dienone is 1. The number of carbonyl (C=O) groups is 1. The van der Waals surface area contributed by atoms with Crippen LogP contribution in [0.25, 0.3) is 11.8 Å². The van der Waals surface area contributed by atoms with E-state index in [0.29, 0.717) is 21.4 Å². The van der Waals surface area contributed by atoms with Crippen LogP contribution in [0.5, 0.6) is 0 Å². The highest BCUT2D eigenvalue weighted by Gasteiger charge is 2.26. The third-order valence-electron chi connectivity index (χ3n) is 3.45. The topological polar surface area (TPSA) is 58.7 Å². The van der Waals surface area contributed by atoms with Crippen LogP contribution in [0.4, 0.5) is 0 Å². The summed E-state index contributed by atoms with van der Waals surface area (Å²) in [7, 11) is 0. The van der Waals surface area contributed by atoms with Crippen molar-refractivity contribution in [2.45, 2.75) is 27.7 Å². The summed E-state index contributed by atoms with van der Waals surface area (Å²) in [5, 5.41) is 14.7. The Morgan fingerprint density at radius 3 is 2.33 bits per heavy atom. The molecule has 124 valence electrons. The molecule has 0 saturated heterocycles. The Balaban J connectivity index is 2.53. The number of ketones is 1. The highest BCUT2D eigenvalue weighted by atomic mass is 35.5. The van der Waals surface area contributed by atoms with Gasteiger partial charge in [-0.25, -0.2) is 4.68 Å². The molecular formula is C18H17Cl2N3O. The highest BCUT2D eigenvalue weighted by molar-refractivity contribution is 6.32. The van der Waals surface area contributed by atoms with Crippen molar-refractivity contribution in [3.05, 3.63) is 51.3 Å². The van der Waals surface area contributed by atoms with Crippen molar-refractivity contribution in [2.75, 3.05) is 0 Å². The van der Waals surface area contributed by atoms with Gasteiger partial charge in [0.05, 0.1) is 17.0 Å². The summed E-state index contributed by atoms with van der Waals surface area (Å²) < 4.78 is 1.55. The summed E-state index contributed by atoms with van der Waals surface area (Å²) in [6, 6.07) is 9.03. The SMILES string of the molecule is Cc1nn(-c2ccc(Cl)cc2)c(Cl)c1C=C(C#N)C(=O)C(C)(C)C. The molecule has 0 N–H and O–H groups in total. The number of rotatable bonds is 3. The van der Waals surface area contributed by atoms with Crippen molar-refractivity contribution in [2.24, 2.45) is 5.41 Å². The molecule has 1 aromatic heterocycles. The number of benzene rings is 1. The Labute approximate surface area is 151 Å². The summed E-state index contributed by atoms with van der Waals surface area (Å²) in [6.45, 7) is 7.09. The van der Waals surface area contributed by atoms with E-state index >= 15 is 0 Å². The second-order valence-electron chi connectivity index (χ2n) is 6.43. The maximum atomic E-state index is 12.4. The average Bonchev–Trinajstić information content (AvgIpc) is 2.79. The van der Waals surface area contributed by atoms with Gasteiger partial charge in [-0.3, -0.25) is 4.79 Å². The van der Waals surface area contributed by atoms with Gasteiger partial charge in [0.15, 0.2) is 5.78 Å². The molecule has 0 bridgehead atoms. The Hall–Kier alpha value is -2.09. The molecule has 0 aliphatic heterocycles. The average molecular weight is 362 g/mol. The molecule has 6 heteroatoms. The normalized spacial score (nSPS) is 12.1. The molecule has 0 radical (unpaired) electrons. The summed E-state index contributed by atoms with van der Waals surface area (Å²) in [5.41, 5.74) is 1.34.